The molecule has 0 unspecified atom stereocenters. The molecule has 0 saturated carbocycles. The number of carbonyl (C=O) groups excluding carboxylic acids is 1. The largest absolute Gasteiger partial charge is 0.480 e. The van der Waals surface area contributed by atoms with E-state index in [1.807, 2.05) is 0 Å². The van der Waals surface area contributed by atoms with Gasteiger partial charge in [0.15, 0.2) is 11.6 Å². The molecule has 1 heterocycles. The van der Waals surface area contributed by atoms with Crippen molar-refractivity contribution in [2.45, 2.75) is 19.1 Å². The maximum Gasteiger partial charge on any atom is 0.415 e. The first-order valence-corrected chi connectivity index (χ1v) is 7.18. The van der Waals surface area contributed by atoms with Crippen LogP contribution in [0.15, 0.2) is 42.5 Å². The number of benzene rings is 2. The number of carboxylic acid groups (broad SMARTS) is 1. The first kappa shape index (κ1) is 15.9. The van der Waals surface area contributed by atoms with Gasteiger partial charge in [0.1, 0.15) is 12.6 Å². The Morgan fingerprint density at radius 2 is 1.88 bits per heavy atom. The van der Waals surface area contributed by atoms with Crippen molar-refractivity contribution in [2.75, 3.05) is 4.90 Å². The molecule has 0 saturated heterocycles. The van der Waals surface area contributed by atoms with Gasteiger partial charge in [0.25, 0.3) is 0 Å². The molecule has 5 nitrogen and oxygen atoms in total. The summed E-state index contributed by atoms with van der Waals surface area (Å²) in [6.07, 6.45) is -1.23. The summed E-state index contributed by atoms with van der Waals surface area (Å²) in [5.74, 6) is -3.54. The van der Waals surface area contributed by atoms with Crippen molar-refractivity contribution in [3.63, 3.8) is 0 Å². The molecule has 0 aromatic heterocycles. The van der Waals surface area contributed by atoms with E-state index in [1.165, 1.54) is 6.07 Å². The summed E-state index contributed by atoms with van der Waals surface area (Å²) in [5, 5.41) is 9.28. The molecule has 0 fully saturated rings. The number of anilines is 1. The minimum atomic E-state index is -1.33. The summed E-state index contributed by atoms with van der Waals surface area (Å²) in [4.78, 5) is 24.6. The average Bonchev–Trinajstić information content (AvgIpc) is 2.97. The van der Waals surface area contributed by atoms with E-state index in [1.54, 1.807) is 30.3 Å². The van der Waals surface area contributed by atoms with Crippen molar-refractivity contribution in [3.8, 4) is 0 Å². The molecule has 2 aromatic carbocycles. The van der Waals surface area contributed by atoms with Crippen molar-refractivity contribution in [2.24, 2.45) is 0 Å². The number of carbonyl (C=O) groups is 2. The van der Waals surface area contributed by atoms with Gasteiger partial charge in [0.05, 0.1) is 5.69 Å². The number of rotatable bonds is 3. The second-order valence-electron chi connectivity index (χ2n) is 5.33. The van der Waals surface area contributed by atoms with Gasteiger partial charge < -0.3 is 9.84 Å². The lowest BCUT2D eigenvalue weighted by Gasteiger charge is -2.22. The van der Waals surface area contributed by atoms with Gasteiger partial charge in [-0.2, -0.15) is 0 Å². The van der Waals surface area contributed by atoms with Crippen LogP contribution in [-0.2, 0) is 22.6 Å². The van der Waals surface area contributed by atoms with Crippen molar-refractivity contribution in [1.82, 2.24) is 0 Å². The number of amides is 1. The van der Waals surface area contributed by atoms with E-state index in [4.69, 9.17) is 4.74 Å². The van der Waals surface area contributed by atoms with Gasteiger partial charge in [0, 0.05) is 12.0 Å². The van der Waals surface area contributed by atoms with Gasteiger partial charge in [-0.05, 0) is 17.7 Å². The second-order valence-corrected chi connectivity index (χ2v) is 5.33. The smallest absolute Gasteiger partial charge is 0.415 e. The third-order valence-corrected chi connectivity index (χ3v) is 3.83. The Balaban J connectivity index is 1.86. The number of hydrogen-bond donors (Lipinski definition) is 1. The Hall–Kier alpha value is -2.96. The maximum absolute atomic E-state index is 13.9. The molecule has 1 N–H and O–H groups in total. The molecule has 2 aromatic rings. The number of fused-ring (bicyclic) bond motifs is 1. The first-order valence-electron chi connectivity index (χ1n) is 7.18. The van der Waals surface area contributed by atoms with Crippen LogP contribution in [0, 0.1) is 11.6 Å². The monoisotopic (exact) mass is 333 g/mol. The molecule has 0 radical (unpaired) electrons. The Labute approximate surface area is 136 Å². The van der Waals surface area contributed by atoms with Crippen LogP contribution in [0.4, 0.5) is 19.3 Å². The fourth-order valence-corrected chi connectivity index (χ4v) is 2.67. The molecule has 24 heavy (non-hydrogen) atoms. The summed E-state index contributed by atoms with van der Waals surface area (Å²) in [5.41, 5.74) is 0.598. The standard InChI is InChI=1S/C17H13F2NO4/c18-12-6-7-13-11(15(12)19)8-14(16(21)22)20(13)17(23)24-9-10-4-2-1-3-5-10/h1-7,14H,8-9H2,(H,21,22)/t14-/m0/s1. The maximum atomic E-state index is 13.9. The summed E-state index contributed by atoms with van der Waals surface area (Å²) >= 11 is 0. The molecule has 1 aliphatic rings. The van der Waals surface area contributed by atoms with E-state index < -0.39 is 29.7 Å². The quantitative estimate of drug-likeness (QED) is 0.937. The van der Waals surface area contributed by atoms with Gasteiger partial charge in [-0.1, -0.05) is 30.3 Å². The van der Waals surface area contributed by atoms with Crippen LogP contribution in [0.3, 0.4) is 0 Å². The molecule has 1 atom stereocenters. The average molecular weight is 333 g/mol. The second kappa shape index (κ2) is 6.27. The summed E-state index contributed by atoms with van der Waals surface area (Å²) in [6.45, 7) is -0.0540. The summed E-state index contributed by atoms with van der Waals surface area (Å²) in [7, 11) is 0. The highest BCUT2D eigenvalue weighted by Crippen LogP contribution is 2.35. The fourth-order valence-electron chi connectivity index (χ4n) is 2.67. The topological polar surface area (TPSA) is 66.8 Å². The fraction of sp³-hybridized carbons (Fsp3) is 0.176. The van der Waals surface area contributed by atoms with Crippen LogP contribution in [0.1, 0.15) is 11.1 Å². The molecule has 124 valence electrons. The van der Waals surface area contributed by atoms with E-state index in [2.05, 4.69) is 0 Å². The zero-order valence-corrected chi connectivity index (χ0v) is 12.4. The van der Waals surface area contributed by atoms with Gasteiger partial charge in [0.2, 0.25) is 0 Å². The van der Waals surface area contributed by atoms with Crippen LogP contribution in [0.25, 0.3) is 0 Å². The predicted molar refractivity (Wildman–Crippen MR) is 80.6 cm³/mol. The van der Waals surface area contributed by atoms with E-state index in [0.29, 0.717) is 0 Å². The van der Waals surface area contributed by atoms with Crippen LogP contribution in [0.2, 0.25) is 0 Å². The predicted octanol–water partition coefficient (Wildman–Crippen LogP) is 3.12. The number of hydrogen-bond acceptors (Lipinski definition) is 3. The third-order valence-electron chi connectivity index (χ3n) is 3.83. The van der Waals surface area contributed by atoms with Gasteiger partial charge in [-0.25, -0.2) is 18.4 Å². The molecule has 0 spiro atoms. The van der Waals surface area contributed by atoms with Crippen LogP contribution in [-0.4, -0.2) is 23.2 Å². The number of nitrogens with zero attached hydrogens (tertiary/aromatic N) is 1. The highest BCUT2D eigenvalue weighted by Gasteiger charge is 2.41. The normalized spacial score (nSPS) is 15.9. The van der Waals surface area contributed by atoms with Gasteiger partial charge in [-0.3, -0.25) is 4.90 Å². The van der Waals surface area contributed by atoms with Gasteiger partial charge >= 0.3 is 12.1 Å². The zero-order valence-electron chi connectivity index (χ0n) is 12.4. The van der Waals surface area contributed by atoms with E-state index in [0.717, 1.165) is 16.5 Å². The molecule has 1 aliphatic heterocycles. The van der Waals surface area contributed by atoms with Crippen molar-refractivity contribution >= 4 is 17.7 Å². The molecule has 0 bridgehead atoms. The Bertz CT molecular complexity index is 795. The van der Waals surface area contributed by atoms with E-state index >= 15 is 0 Å². The van der Waals surface area contributed by atoms with E-state index in [-0.39, 0.29) is 24.3 Å². The number of halogens is 2. The van der Waals surface area contributed by atoms with E-state index in [9.17, 15) is 23.5 Å². The lowest BCUT2D eigenvalue weighted by molar-refractivity contribution is -0.138. The lowest BCUT2D eigenvalue weighted by atomic mass is 10.1. The molecule has 7 heteroatoms. The van der Waals surface area contributed by atoms with Crippen molar-refractivity contribution in [3.05, 3.63) is 65.2 Å². The molecule has 0 aliphatic carbocycles. The van der Waals surface area contributed by atoms with Crippen LogP contribution in [0.5, 0.6) is 0 Å². The Kier molecular flexibility index (Phi) is 4.16. The van der Waals surface area contributed by atoms with Crippen LogP contribution >= 0.6 is 0 Å². The molecule has 3 rings (SSSR count). The highest BCUT2D eigenvalue weighted by molar-refractivity contribution is 5.98. The molecule has 1 amide bonds. The zero-order chi connectivity index (χ0) is 17.3. The molecular formula is C17H13F2NO4. The highest BCUT2D eigenvalue weighted by atomic mass is 19.2. The Morgan fingerprint density at radius 1 is 1.17 bits per heavy atom. The minimum Gasteiger partial charge on any atom is -0.480 e. The summed E-state index contributed by atoms with van der Waals surface area (Å²) in [6, 6.07) is 9.54. The Morgan fingerprint density at radius 3 is 2.54 bits per heavy atom. The van der Waals surface area contributed by atoms with Crippen molar-refractivity contribution in [1.29, 1.82) is 0 Å². The lowest BCUT2D eigenvalue weighted by Crippen LogP contribution is -2.43. The number of aliphatic carboxylic acids is 1. The van der Waals surface area contributed by atoms with Crippen molar-refractivity contribution < 1.29 is 28.2 Å². The summed E-state index contributed by atoms with van der Waals surface area (Å²) < 4.78 is 32.3. The SMILES string of the molecule is O=C(O)[C@@H]1Cc2c(ccc(F)c2F)N1C(=O)OCc1ccccc1. The first-order chi connectivity index (χ1) is 11.5. The molecular weight excluding hydrogens is 320 g/mol. The minimum absolute atomic E-state index is 0.0133. The van der Waals surface area contributed by atoms with Crippen LogP contribution < -0.4 is 4.90 Å². The van der Waals surface area contributed by atoms with Gasteiger partial charge in [-0.15, -0.1) is 0 Å². The number of ether oxygens (including phenoxy) is 1. The number of carboxylic acids is 1. The third kappa shape index (κ3) is 2.80.